The van der Waals surface area contributed by atoms with E-state index in [-0.39, 0.29) is 24.9 Å². The summed E-state index contributed by atoms with van der Waals surface area (Å²) in [6, 6.07) is 0. The third-order valence-corrected chi connectivity index (χ3v) is 10.5. The quantitative estimate of drug-likeness (QED) is 0.589. The Morgan fingerprint density at radius 2 is 1.75 bits per heavy atom. The van der Waals surface area contributed by atoms with Gasteiger partial charge >= 0.3 is 0 Å². The molecular weight excluding hydrogens is 464 g/mol. The smallest absolute Gasteiger partial charge is 0.164 e. The van der Waals surface area contributed by atoms with Crippen LogP contribution >= 0.6 is 0 Å². The Bertz CT molecular complexity index is 982. The van der Waals surface area contributed by atoms with Gasteiger partial charge in [0.25, 0.3) is 0 Å². The number of aliphatic hydroxyl groups is 2. The molecule has 1 unspecified atom stereocenters. The fourth-order valence-electron chi connectivity index (χ4n) is 8.47. The zero-order valence-electron chi connectivity index (χ0n) is 22.5. The van der Waals surface area contributed by atoms with Crippen LogP contribution in [0.25, 0.3) is 0 Å². The van der Waals surface area contributed by atoms with E-state index >= 15 is 0 Å². The predicted molar refractivity (Wildman–Crippen MR) is 129 cm³/mol. The van der Waals surface area contributed by atoms with E-state index in [9.17, 15) is 15.0 Å². The summed E-state index contributed by atoms with van der Waals surface area (Å²) in [5.74, 6) is -1.55. The maximum absolute atomic E-state index is 13.5. The molecule has 2 saturated carbocycles. The lowest BCUT2D eigenvalue weighted by atomic mass is 9.45. The number of hydrogen-bond acceptors (Lipinski definition) is 8. The molecule has 36 heavy (non-hydrogen) atoms. The van der Waals surface area contributed by atoms with Gasteiger partial charge in [-0.1, -0.05) is 20.8 Å². The third kappa shape index (κ3) is 3.22. The van der Waals surface area contributed by atoms with Crippen molar-refractivity contribution in [2.24, 2.45) is 16.7 Å². The second-order valence-electron chi connectivity index (χ2n) is 13.3. The SMILES string of the molecule is CC1=C2[C@H]3OC(C)(C)O[C@@H]3[C@]3(C)CC[C@H]4OC[C@@]4(O)[C@H]3[C@H](OC3CCCCO3)[C@](O)(CC1=O)C2(C)C. The molecule has 3 heterocycles. The van der Waals surface area contributed by atoms with Gasteiger partial charge in [0.15, 0.2) is 17.9 Å². The maximum atomic E-state index is 13.5. The number of allylic oxidation sites excluding steroid dienone is 1. The third-order valence-electron chi connectivity index (χ3n) is 10.5. The molecule has 6 aliphatic rings. The topological polar surface area (TPSA) is 104 Å². The van der Waals surface area contributed by atoms with E-state index in [1.165, 1.54) is 0 Å². The van der Waals surface area contributed by atoms with E-state index in [0.29, 0.717) is 31.4 Å². The average Bonchev–Trinajstić information content (AvgIpc) is 3.11. The van der Waals surface area contributed by atoms with Crippen LogP contribution < -0.4 is 0 Å². The summed E-state index contributed by atoms with van der Waals surface area (Å²) in [6.07, 6.45) is 1.30. The first-order chi connectivity index (χ1) is 16.7. The van der Waals surface area contributed by atoms with Crippen molar-refractivity contribution in [3.8, 4) is 0 Å². The fourth-order valence-corrected chi connectivity index (χ4v) is 8.47. The van der Waals surface area contributed by atoms with Crippen LogP contribution in [0.4, 0.5) is 0 Å². The summed E-state index contributed by atoms with van der Waals surface area (Å²) in [7, 11) is 0. The number of Topliss-reactive ketones (excluding diaryl/α,β-unsaturated/α-hetero) is 1. The number of fused-ring (bicyclic) bond motifs is 8. The van der Waals surface area contributed by atoms with Crippen LogP contribution in [0.5, 0.6) is 0 Å². The highest BCUT2D eigenvalue weighted by atomic mass is 16.8. The Labute approximate surface area is 213 Å². The first-order valence-electron chi connectivity index (χ1n) is 13.7. The van der Waals surface area contributed by atoms with E-state index in [0.717, 1.165) is 18.4 Å². The zero-order chi connectivity index (χ0) is 25.9. The number of ether oxygens (including phenoxy) is 5. The van der Waals surface area contributed by atoms with Gasteiger partial charge in [0.05, 0.1) is 24.9 Å². The van der Waals surface area contributed by atoms with Crippen molar-refractivity contribution in [2.75, 3.05) is 13.2 Å². The largest absolute Gasteiger partial charge is 0.386 e. The van der Waals surface area contributed by atoms with E-state index in [1.54, 1.807) is 0 Å². The highest BCUT2D eigenvalue weighted by molar-refractivity contribution is 5.98. The molecule has 9 atom stereocenters. The number of rotatable bonds is 2. The van der Waals surface area contributed by atoms with Crippen molar-refractivity contribution < 1.29 is 38.7 Å². The molecule has 3 saturated heterocycles. The first-order valence-corrected chi connectivity index (χ1v) is 13.7. The minimum Gasteiger partial charge on any atom is -0.386 e. The van der Waals surface area contributed by atoms with E-state index in [2.05, 4.69) is 6.92 Å². The molecule has 3 aliphatic carbocycles. The number of ketones is 1. The molecule has 0 radical (unpaired) electrons. The lowest BCUT2D eigenvalue weighted by Crippen LogP contribution is -2.79. The molecule has 0 aromatic heterocycles. The number of carbonyl (C=O) groups is 1. The standard InChI is InChI=1S/C28H42O8/c1-15-16(29)13-28(31)23(34-18-9-7-8-12-32-18)21-26(6,11-10-17-27(21,30)14-33-17)22-20(19(15)24(28,2)3)35-25(4,5)36-22/h17-18,20-23,30-31H,7-14H2,1-6H3/t17-,18?,20-,21+,22+,23+,26-,27+,28-/m1/s1. The molecule has 6 rings (SSSR count). The van der Waals surface area contributed by atoms with Crippen LogP contribution in [-0.4, -0.2) is 76.9 Å². The van der Waals surface area contributed by atoms with Crippen molar-refractivity contribution in [1.82, 2.24) is 0 Å². The van der Waals surface area contributed by atoms with Crippen LogP contribution in [0.15, 0.2) is 11.1 Å². The average molecular weight is 507 g/mol. The van der Waals surface area contributed by atoms with Crippen LogP contribution in [0.2, 0.25) is 0 Å². The Morgan fingerprint density at radius 1 is 1.00 bits per heavy atom. The second kappa shape index (κ2) is 7.84. The maximum Gasteiger partial charge on any atom is 0.164 e. The van der Waals surface area contributed by atoms with Crippen LogP contribution in [0.3, 0.4) is 0 Å². The number of hydrogen-bond donors (Lipinski definition) is 2. The summed E-state index contributed by atoms with van der Waals surface area (Å²) in [4.78, 5) is 13.5. The molecule has 2 N–H and O–H groups in total. The van der Waals surface area contributed by atoms with Gasteiger partial charge in [0, 0.05) is 29.8 Å². The summed E-state index contributed by atoms with van der Waals surface area (Å²) < 4.78 is 31.9. The van der Waals surface area contributed by atoms with Gasteiger partial charge in [0.2, 0.25) is 0 Å². The van der Waals surface area contributed by atoms with Gasteiger partial charge in [-0.05, 0) is 64.0 Å². The molecule has 0 aromatic rings. The van der Waals surface area contributed by atoms with Crippen LogP contribution in [0, 0.1) is 16.7 Å². The molecule has 8 heteroatoms. The van der Waals surface area contributed by atoms with Gasteiger partial charge in [-0.2, -0.15) is 0 Å². The minimum atomic E-state index is -1.58. The van der Waals surface area contributed by atoms with Crippen LogP contribution in [0.1, 0.15) is 80.1 Å². The van der Waals surface area contributed by atoms with Gasteiger partial charge in [0.1, 0.15) is 17.3 Å². The molecule has 8 nitrogen and oxygen atoms in total. The molecule has 0 spiro atoms. The summed E-state index contributed by atoms with van der Waals surface area (Å²) >= 11 is 0. The van der Waals surface area contributed by atoms with Crippen molar-refractivity contribution >= 4 is 5.78 Å². The highest BCUT2D eigenvalue weighted by Crippen LogP contribution is 2.66. The van der Waals surface area contributed by atoms with E-state index < -0.39 is 58.3 Å². The summed E-state index contributed by atoms with van der Waals surface area (Å²) in [5.41, 5.74) is -2.87. The van der Waals surface area contributed by atoms with Gasteiger partial charge < -0.3 is 33.9 Å². The second-order valence-corrected chi connectivity index (χ2v) is 13.3. The molecule has 202 valence electrons. The first kappa shape index (κ1) is 25.4. The lowest BCUT2D eigenvalue weighted by molar-refractivity contribution is -0.362. The molecule has 0 amide bonds. The molecular formula is C28H42O8. The van der Waals surface area contributed by atoms with Gasteiger partial charge in [-0.25, -0.2) is 0 Å². The summed E-state index contributed by atoms with van der Waals surface area (Å²) in [5, 5.41) is 25.0. The van der Waals surface area contributed by atoms with Gasteiger partial charge in [-0.15, -0.1) is 0 Å². The normalized spacial score (nSPS) is 51.4. The predicted octanol–water partition coefficient (Wildman–Crippen LogP) is 3.02. The van der Waals surface area contributed by atoms with Crippen molar-refractivity contribution in [2.45, 2.75) is 128 Å². The van der Waals surface area contributed by atoms with Gasteiger partial charge in [-0.3, -0.25) is 4.79 Å². The minimum absolute atomic E-state index is 0.0808. The molecule has 2 bridgehead atoms. The van der Waals surface area contributed by atoms with Crippen LogP contribution in [-0.2, 0) is 28.5 Å². The lowest BCUT2D eigenvalue weighted by Gasteiger charge is -2.67. The van der Waals surface area contributed by atoms with Crippen molar-refractivity contribution in [1.29, 1.82) is 0 Å². The Hall–Kier alpha value is -0.870. The Balaban J connectivity index is 1.60. The highest BCUT2D eigenvalue weighted by Gasteiger charge is 2.75. The number of carbonyl (C=O) groups excluding carboxylic acids is 1. The summed E-state index contributed by atoms with van der Waals surface area (Å²) in [6.45, 7) is 12.5. The van der Waals surface area contributed by atoms with Crippen molar-refractivity contribution in [3.05, 3.63) is 11.1 Å². The molecule has 3 aliphatic heterocycles. The molecule has 0 aromatic carbocycles. The van der Waals surface area contributed by atoms with E-state index in [1.807, 2.05) is 34.6 Å². The zero-order valence-corrected chi connectivity index (χ0v) is 22.5. The Morgan fingerprint density at radius 3 is 2.39 bits per heavy atom. The van der Waals surface area contributed by atoms with Crippen molar-refractivity contribution in [3.63, 3.8) is 0 Å². The Kier molecular flexibility index (Phi) is 5.53. The van der Waals surface area contributed by atoms with E-state index in [4.69, 9.17) is 23.7 Å². The monoisotopic (exact) mass is 506 g/mol. The fraction of sp³-hybridized carbons (Fsp3) is 0.893. The molecule has 5 fully saturated rings.